The van der Waals surface area contributed by atoms with Crippen LogP contribution in [0.1, 0.15) is 26.3 Å². The molecular formula is C54H37BN2O2. The van der Waals surface area contributed by atoms with Gasteiger partial charge in [0.15, 0.2) is 5.58 Å². The second-order valence-corrected chi connectivity index (χ2v) is 17.2. The van der Waals surface area contributed by atoms with Crippen molar-refractivity contribution < 1.29 is 8.83 Å². The third-order valence-corrected chi connectivity index (χ3v) is 12.9. The van der Waals surface area contributed by atoms with Crippen molar-refractivity contribution in [3.63, 3.8) is 0 Å². The summed E-state index contributed by atoms with van der Waals surface area (Å²) in [5.41, 5.74) is 20.3. The summed E-state index contributed by atoms with van der Waals surface area (Å²) in [7, 11) is 0. The smallest absolute Gasteiger partial charge is 0.333 e. The van der Waals surface area contributed by atoms with Crippen LogP contribution >= 0.6 is 0 Å². The van der Waals surface area contributed by atoms with E-state index in [1.54, 1.807) is 0 Å². The first-order valence-electron chi connectivity index (χ1n) is 20.5. The van der Waals surface area contributed by atoms with Gasteiger partial charge in [0, 0.05) is 49.6 Å². The van der Waals surface area contributed by atoms with E-state index < -0.39 is 0 Å². The summed E-state index contributed by atoms with van der Waals surface area (Å²) in [4.78, 5) is 2.56. The summed E-state index contributed by atoms with van der Waals surface area (Å²) in [6.45, 7) is 6.71. The minimum Gasteiger partial charge on any atom is -0.456 e. The van der Waals surface area contributed by atoms with Crippen LogP contribution in [0.3, 0.4) is 0 Å². The SMILES string of the molecule is CC(C)(C)c1ccc(N2c3cc(-c4ccccc4)cc4c3B(c3c2ccc2oc5ccccc5c32)n2c3c-4cccc3c3oc4ccccc4c32)c(-c2ccccc2)c1. The molecule has 0 saturated carbocycles. The molecule has 0 aliphatic carbocycles. The Hall–Kier alpha value is -7.24. The highest BCUT2D eigenvalue weighted by Gasteiger charge is 2.45. The predicted molar refractivity (Wildman–Crippen MR) is 247 cm³/mol. The molecule has 2 aliphatic rings. The van der Waals surface area contributed by atoms with Crippen molar-refractivity contribution in [3.05, 3.63) is 175 Å². The lowest BCUT2D eigenvalue weighted by atomic mass is 9.44. The summed E-state index contributed by atoms with van der Waals surface area (Å²) < 4.78 is 16.2. The molecule has 0 fully saturated rings. The third kappa shape index (κ3) is 4.45. The van der Waals surface area contributed by atoms with Crippen LogP contribution in [-0.2, 0) is 5.41 Å². The molecule has 13 rings (SSSR count). The number of para-hydroxylation sites is 3. The lowest BCUT2D eigenvalue weighted by Gasteiger charge is -2.41. The molecule has 3 aromatic heterocycles. The van der Waals surface area contributed by atoms with Gasteiger partial charge in [0.1, 0.15) is 16.7 Å². The molecule has 0 spiro atoms. The van der Waals surface area contributed by atoms with Crippen molar-refractivity contribution in [2.45, 2.75) is 26.2 Å². The molecule has 0 radical (unpaired) electrons. The number of benzene rings is 8. The van der Waals surface area contributed by atoms with Crippen LogP contribution in [0, 0.1) is 0 Å². The van der Waals surface area contributed by atoms with Crippen LogP contribution in [0.5, 0.6) is 0 Å². The van der Waals surface area contributed by atoms with E-state index in [9.17, 15) is 0 Å². The van der Waals surface area contributed by atoms with Gasteiger partial charge in [0.2, 0.25) is 0 Å². The van der Waals surface area contributed by atoms with E-state index in [2.05, 4.69) is 200 Å². The van der Waals surface area contributed by atoms with Crippen molar-refractivity contribution in [2.24, 2.45) is 0 Å². The van der Waals surface area contributed by atoms with Crippen LogP contribution in [0.4, 0.5) is 17.1 Å². The molecule has 0 bridgehead atoms. The summed E-state index contributed by atoms with van der Waals surface area (Å²) >= 11 is 0. The number of nitrogens with zero attached hydrogens (tertiary/aromatic N) is 2. The van der Waals surface area contributed by atoms with Gasteiger partial charge in [-0.05, 0) is 105 Å². The van der Waals surface area contributed by atoms with Gasteiger partial charge in [-0.3, -0.25) is 0 Å². The van der Waals surface area contributed by atoms with Crippen molar-refractivity contribution >= 4 is 89.7 Å². The Labute approximate surface area is 341 Å². The largest absolute Gasteiger partial charge is 0.456 e. The van der Waals surface area contributed by atoms with Gasteiger partial charge in [0.05, 0.1) is 11.2 Å². The van der Waals surface area contributed by atoms with Crippen LogP contribution < -0.4 is 15.8 Å². The Morgan fingerprint density at radius 1 is 0.441 bits per heavy atom. The summed E-state index contributed by atoms with van der Waals surface area (Å²) in [5, 5.41) is 4.51. The Morgan fingerprint density at radius 2 is 1.12 bits per heavy atom. The third-order valence-electron chi connectivity index (χ3n) is 12.9. The maximum Gasteiger partial charge on any atom is 0.333 e. The minimum atomic E-state index is -0.189. The fourth-order valence-corrected chi connectivity index (χ4v) is 10.3. The van der Waals surface area contributed by atoms with Gasteiger partial charge in [0.25, 0.3) is 0 Å². The molecule has 5 heteroatoms. The van der Waals surface area contributed by atoms with Crippen LogP contribution in [0.25, 0.3) is 88.3 Å². The Kier molecular flexibility index (Phi) is 6.49. The number of fused-ring (bicyclic) bond motifs is 13. The number of rotatable bonds is 3. The van der Waals surface area contributed by atoms with Crippen LogP contribution in [0.15, 0.2) is 179 Å². The van der Waals surface area contributed by atoms with Gasteiger partial charge >= 0.3 is 6.85 Å². The predicted octanol–water partition coefficient (Wildman–Crippen LogP) is 13.5. The van der Waals surface area contributed by atoms with Gasteiger partial charge in [-0.2, -0.15) is 0 Å². The van der Waals surface area contributed by atoms with E-state index in [1.807, 2.05) is 0 Å². The molecule has 59 heavy (non-hydrogen) atoms. The topological polar surface area (TPSA) is 34.5 Å². The monoisotopic (exact) mass is 756 g/mol. The van der Waals surface area contributed by atoms with E-state index in [0.717, 1.165) is 60.8 Å². The Bertz CT molecular complexity index is 3550. The zero-order valence-electron chi connectivity index (χ0n) is 33.0. The molecule has 11 aromatic rings. The highest BCUT2D eigenvalue weighted by atomic mass is 16.3. The maximum atomic E-state index is 6.84. The highest BCUT2D eigenvalue weighted by Crippen LogP contribution is 2.51. The summed E-state index contributed by atoms with van der Waals surface area (Å²) in [6.07, 6.45) is 0. The van der Waals surface area contributed by atoms with E-state index in [0.29, 0.717) is 0 Å². The standard InChI is InChI=1S/C54H37BN2O2/c1-54(2,3)35-25-26-42(40(31-35)33-17-8-5-9-18-33)56-43-27-28-47-48(37-19-10-12-23-45(37)58-47)50(43)55-49-41(29-34(30-44(49)56)32-15-6-4-7-16-32)36-21-14-22-39-51(36)57(55)52-38-20-11-13-24-46(38)59-53(39)52/h4-31H,1-3H3. The molecule has 2 aliphatic heterocycles. The lowest BCUT2D eigenvalue weighted by molar-refractivity contribution is 0.590. The van der Waals surface area contributed by atoms with E-state index in [1.165, 1.54) is 61.1 Å². The first-order chi connectivity index (χ1) is 28.9. The molecule has 4 nitrogen and oxygen atoms in total. The highest BCUT2D eigenvalue weighted by molar-refractivity contribution is 6.92. The number of hydrogen-bond donors (Lipinski definition) is 0. The number of hydrogen-bond acceptors (Lipinski definition) is 3. The molecule has 0 N–H and O–H groups in total. The first-order valence-corrected chi connectivity index (χ1v) is 20.5. The number of anilines is 3. The fourth-order valence-electron chi connectivity index (χ4n) is 10.3. The molecule has 0 unspecified atom stereocenters. The van der Waals surface area contributed by atoms with E-state index >= 15 is 0 Å². The average Bonchev–Trinajstić information content (AvgIpc) is 3.95. The number of furan rings is 2. The molecule has 8 aromatic carbocycles. The second kappa shape index (κ2) is 11.7. The first kappa shape index (κ1) is 32.8. The molecule has 0 saturated heterocycles. The molecular weight excluding hydrogens is 719 g/mol. The van der Waals surface area contributed by atoms with Crippen molar-refractivity contribution in [1.82, 2.24) is 4.48 Å². The number of aromatic nitrogens is 1. The van der Waals surface area contributed by atoms with Crippen molar-refractivity contribution in [1.29, 1.82) is 0 Å². The minimum absolute atomic E-state index is 0.0382. The van der Waals surface area contributed by atoms with Gasteiger partial charge in [-0.1, -0.05) is 130 Å². The molecule has 0 atom stereocenters. The average molecular weight is 757 g/mol. The normalized spacial score (nSPS) is 13.3. The molecule has 5 heterocycles. The van der Waals surface area contributed by atoms with Crippen LogP contribution in [0.2, 0.25) is 0 Å². The fraction of sp³-hybridized carbons (Fsp3) is 0.0741. The van der Waals surface area contributed by atoms with Gasteiger partial charge in [-0.15, -0.1) is 0 Å². The second-order valence-electron chi connectivity index (χ2n) is 17.2. The molecule has 0 amide bonds. The summed E-state index contributed by atoms with van der Waals surface area (Å²) in [5.74, 6) is 0. The summed E-state index contributed by atoms with van der Waals surface area (Å²) in [6, 6.07) is 62.0. The molecule has 278 valence electrons. The van der Waals surface area contributed by atoms with Crippen molar-refractivity contribution in [3.8, 4) is 33.4 Å². The van der Waals surface area contributed by atoms with Gasteiger partial charge < -0.3 is 18.2 Å². The zero-order chi connectivity index (χ0) is 39.1. The lowest BCUT2D eigenvalue weighted by Crippen LogP contribution is -2.57. The van der Waals surface area contributed by atoms with E-state index in [-0.39, 0.29) is 12.3 Å². The van der Waals surface area contributed by atoms with E-state index in [4.69, 9.17) is 8.83 Å². The maximum absolute atomic E-state index is 6.84. The Balaban J connectivity index is 1.25. The van der Waals surface area contributed by atoms with Crippen molar-refractivity contribution in [2.75, 3.05) is 4.90 Å². The zero-order valence-corrected chi connectivity index (χ0v) is 33.0. The quantitative estimate of drug-likeness (QED) is 0.168. The van der Waals surface area contributed by atoms with Crippen LogP contribution in [-0.4, -0.2) is 11.3 Å². The Morgan fingerprint density at radius 3 is 1.90 bits per heavy atom. The van der Waals surface area contributed by atoms with Gasteiger partial charge in [-0.25, -0.2) is 0 Å².